The van der Waals surface area contributed by atoms with Gasteiger partial charge in [-0.3, -0.25) is 0 Å². The number of rotatable bonds is 2. The number of hydrogen-bond acceptors (Lipinski definition) is 2. The van der Waals surface area contributed by atoms with Gasteiger partial charge < -0.3 is 10.8 Å². The second kappa shape index (κ2) is 4.32. The van der Waals surface area contributed by atoms with Crippen molar-refractivity contribution in [1.29, 1.82) is 0 Å². The van der Waals surface area contributed by atoms with Gasteiger partial charge in [0.15, 0.2) is 0 Å². The fraction of sp³-hybridized carbons (Fsp3) is 0.750. The number of aliphatic hydroxyl groups is 1. The topological polar surface area (TPSA) is 46.2 Å². The molecule has 0 unspecified atom stereocenters. The Morgan fingerprint density at radius 2 is 1.90 bits per heavy atom. The molecule has 0 amide bonds. The van der Waals surface area contributed by atoms with Crippen molar-refractivity contribution in [3.8, 4) is 11.8 Å². The Kier molecular flexibility index (Phi) is 4.10. The molecular formula is C8H15NO. The first-order valence-corrected chi connectivity index (χ1v) is 3.61. The molecule has 0 spiro atoms. The van der Waals surface area contributed by atoms with E-state index in [4.69, 9.17) is 5.73 Å². The normalized spacial score (nSPS) is 10.4. The van der Waals surface area contributed by atoms with E-state index in [1.165, 1.54) is 0 Å². The summed E-state index contributed by atoms with van der Waals surface area (Å²) in [6, 6.07) is 0. The molecule has 10 heavy (non-hydrogen) atoms. The van der Waals surface area contributed by atoms with Gasteiger partial charge >= 0.3 is 0 Å². The molecule has 58 valence electrons. The van der Waals surface area contributed by atoms with Gasteiger partial charge in [-0.25, -0.2) is 0 Å². The summed E-state index contributed by atoms with van der Waals surface area (Å²) in [5.41, 5.74) is 4.35. The molecule has 0 aliphatic heterocycles. The van der Waals surface area contributed by atoms with E-state index in [1.807, 2.05) is 13.8 Å². The Morgan fingerprint density at radius 1 is 1.40 bits per heavy atom. The van der Waals surface area contributed by atoms with Crippen LogP contribution in [0.4, 0.5) is 0 Å². The molecule has 2 heteroatoms. The SMILES string of the molecule is CCC(O)(C#CCN)CC. The number of hydrogen-bond donors (Lipinski definition) is 2. The minimum atomic E-state index is -0.806. The van der Waals surface area contributed by atoms with Crippen molar-refractivity contribution in [1.82, 2.24) is 0 Å². The van der Waals surface area contributed by atoms with E-state index in [0.717, 1.165) is 0 Å². The molecule has 0 aliphatic rings. The van der Waals surface area contributed by atoms with Crippen LogP contribution in [0.5, 0.6) is 0 Å². The standard InChI is InChI=1S/C8H15NO/c1-3-8(10,4-2)6-5-7-9/h10H,3-4,7,9H2,1-2H3. The molecule has 0 aromatic rings. The molecule has 0 heterocycles. The lowest BCUT2D eigenvalue weighted by Gasteiger charge is -2.16. The molecule has 0 rings (SSSR count). The van der Waals surface area contributed by atoms with Crippen molar-refractivity contribution < 1.29 is 5.11 Å². The molecule has 0 aromatic carbocycles. The second-order valence-corrected chi connectivity index (χ2v) is 2.24. The van der Waals surface area contributed by atoms with Gasteiger partial charge in [0.25, 0.3) is 0 Å². The summed E-state index contributed by atoms with van der Waals surface area (Å²) in [7, 11) is 0. The van der Waals surface area contributed by atoms with Crippen LogP contribution in [0.25, 0.3) is 0 Å². The van der Waals surface area contributed by atoms with Crippen molar-refractivity contribution >= 4 is 0 Å². The van der Waals surface area contributed by atoms with Crippen LogP contribution in [0.15, 0.2) is 0 Å². The number of nitrogens with two attached hydrogens (primary N) is 1. The molecule has 0 saturated heterocycles. The Hall–Kier alpha value is -0.520. The van der Waals surface area contributed by atoms with E-state index in [1.54, 1.807) is 0 Å². The van der Waals surface area contributed by atoms with Gasteiger partial charge in [0.05, 0.1) is 6.54 Å². The summed E-state index contributed by atoms with van der Waals surface area (Å²) in [5.74, 6) is 5.39. The van der Waals surface area contributed by atoms with Crippen LogP contribution in [0, 0.1) is 11.8 Å². The van der Waals surface area contributed by atoms with Crippen molar-refractivity contribution in [3.63, 3.8) is 0 Å². The lowest BCUT2D eigenvalue weighted by Crippen LogP contribution is -2.24. The zero-order valence-corrected chi connectivity index (χ0v) is 6.65. The molecule has 0 aliphatic carbocycles. The zero-order valence-electron chi connectivity index (χ0n) is 6.65. The van der Waals surface area contributed by atoms with E-state index in [2.05, 4.69) is 11.8 Å². The largest absolute Gasteiger partial charge is 0.378 e. The van der Waals surface area contributed by atoms with Crippen LogP contribution < -0.4 is 5.73 Å². The molecule has 0 atom stereocenters. The van der Waals surface area contributed by atoms with Crippen molar-refractivity contribution in [2.75, 3.05) is 6.54 Å². The molecule has 0 fully saturated rings. The molecule has 0 aromatic heterocycles. The minimum Gasteiger partial charge on any atom is -0.378 e. The van der Waals surface area contributed by atoms with Crippen LogP contribution >= 0.6 is 0 Å². The van der Waals surface area contributed by atoms with Gasteiger partial charge in [0, 0.05) is 0 Å². The highest BCUT2D eigenvalue weighted by molar-refractivity contribution is 5.13. The third kappa shape index (κ3) is 2.86. The van der Waals surface area contributed by atoms with Gasteiger partial charge in [0.2, 0.25) is 0 Å². The molecule has 2 nitrogen and oxygen atoms in total. The van der Waals surface area contributed by atoms with Crippen LogP contribution in [0.3, 0.4) is 0 Å². The predicted molar refractivity (Wildman–Crippen MR) is 42.4 cm³/mol. The maximum atomic E-state index is 9.53. The van der Waals surface area contributed by atoms with E-state index in [0.29, 0.717) is 19.4 Å². The smallest absolute Gasteiger partial charge is 0.125 e. The molecule has 3 N–H and O–H groups in total. The Balaban J connectivity index is 4.05. The summed E-state index contributed by atoms with van der Waals surface area (Å²) in [5, 5.41) is 9.53. The van der Waals surface area contributed by atoms with Crippen LogP contribution in [0.1, 0.15) is 26.7 Å². The van der Waals surface area contributed by atoms with E-state index in [-0.39, 0.29) is 0 Å². The van der Waals surface area contributed by atoms with Crippen LogP contribution in [-0.2, 0) is 0 Å². The Labute approximate surface area is 62.4 Å². The summed E-state index contributed by atoms with van der Waals surface area (Å²) < 4.78 is 0. The average Bonchev–Trinajstić information content (AvgIpc) is 2.00. The first-order valence-electron chi connectivity index (χ1n) is 3.61. The quantitative estimate of drug-likeness (QED) is 0.550. The van der Waals surface area contributed by atoms with Gasteiger partial charge in [-0.2, -0.15) is 0 Å². The summed E-state index contributed by atoms with van der Waals surface area (Å²) >= 11 is 0. The van der Waals surface area contributed by atoms with Crippen molar-refractivity contribution in [3.05, 3.63) is 0 Å². The van der Waals surface area contributed by atoms with E-state index < -0.39 is 5.60 Å². The highest BCUT2D eigenvalue weighted by atomic mass is 16.3. The lowest BCUT2D eigenvalue weighted by molar-refractivity contribution is 0.0930. The zero-order chi connectivity index (χ0) is 8.04. The molecule has 0 bridgehead atoms. The highest BCUT2D eigenvalue weighted by Gasteiger charge is 2.17. The molecule has 0 radical (unpaired) electrons. The molecular weight excluding hydrogens is 126 g/mol. The third-order valence-corrected chi connectivity index (χ3v) is 1.59. The first kappa shape index (κ1) is 9.48. The fourth-order valence-electron chi connectivity index (χ4n) is 0.642. The second-order valence-electron chi connectivity index (χ2n) is 2.24. The van der Waals surface area contributed by atoms with Gasteiger partial charge in [-0.1, -0.05) is 25.7 Å². The third-order valence-electron chi connectivity index (χ3n) is 1.59. The first-order chi connectivity index (χ1) is 4.68. The lowest BCUT2D eigenvalue weighted by atomic mass is 9.99. The van der Waals surface area contributed by atoms with Gasteiger partial charge in [-0.15, -0.1) is 0 Å². The van der Waals surface area contributed by atoms with Crippen molar-refractivity contribution in [2.45, 2.75) is 32.3 Å². The average molecular weight is 141 g/mol. The van der Waals surface area contributed by atoms with Gasteiger partial charge in [0.1, 0.15) is 5.60 Å². The van der Waals surface area contributed by atoms with Crippen LogP contribution in [-0.4, -0.2) is 17.3 Å². The summed E-state index contributed by atoms with van der Waals surface area (Å²) in [6.45, 7) is 4.14. The predicted octanol–water partition coefficient (Wildman–Crippen LogP) is 0.500. The van der Waals surface area contributed by atoms with E-state index in [9.17, 15) is 5.11 Å². The molecule has 0 saturated carbocycles. The summed E-state index contributed by atoms with van der Waals surface area (Å²) in [4.78, 5) is 0. The van der Waals surface area contributed by atoms with Crippen molar-refractivity contribution in [2.24, 2.45) is 5.73 Å². The highest BCUT2D eigenvalue weighted by Crippen LogP contribution is 2.11. The van der Waals surface area contributed by atoms with E-state index >= 15 is 0 Å². The Bertz CT molecular complexity index is 139. The summed E-state index contributed by atoms with van der Waals surface area (Å²) in [6.07, 6.45) is 1.33. The Morgan fingerprint density at radius 3 is 2.20 bits per heavy atom. The van der Waals surface area contributed by atoms with Crippen LogP contribution in [0.2, 0.25) is 0 Å². The monoisotopic (exact) mass is 141 g/mol. The maximum Gasteiger partial charge on any atom is 0.125 e. The van der Waals surface area contributed by atoms with Gasteiger partial charge in [-0.05, 0) is 12.8 Å². The maximum absolute atomic E-state index is 9.53. The fourth-order valence-corrected chi connectivity index (χ4v) is 0.642. The minimum absolute atomic E-state index is 0.322.